The van der Waals surface area contributed by atoms with E-state index in [2.05, 4.69) is 40.5 Å². The number of nitrogens with zero attached hydrogens (tertiary/aromatic N) is 1. The topological polar surface area (TPSA) is 41.6 Å². The molecule has 3 aromatic carbocycles. The molecule has 1 unspecified atom stereocenters. The molecule has 0 spiro atoms. The highest BCUT2D eigenvalue weighted by molar-refractivity contribution is 6.30. The fraction of sp³-hybridized carbons (Fsp3) is 0.240. The number of hydrogen-bond donors (Lipinski definition) is 1. The van der Waals surface area contributed by atoms with E-state index in [0.717, 1.165) is 42.9 Å². The van der Waals surface area contributed by atoms with Crippen LogP contribution in [0.4, 0.5) is 0 Å². The van der Waals surface area contributed by atoms with Crippen LogP contribution in [0.25, 0.3) is 11.1 Å². The minimum atomic E-state index is -0.0420. The number of amides is 1. The molecular weight excluding hydrogens is 396 g/mol. The molecule has 1 N–H and O–H groups in total. The lowest BCUT2D eigenvalue weighted by Gasteiger charge is -2.17. The van der Waals surface area contributed by atoms with Crippen LogP contribution < -0.4 is 10.1 Å². The van der Waals surface area contributed by atoms with Crippen molar-refractivity contribution >= 4 is 17.5 Å². The van der Waals surface area contributed by atoms with Crippen molar-refractivity contribution in [3.05, 3.63) is 88.9 Å². The Morgan fingerprint density at radius 1 is 1.07 bits per heavy atom. The fourth-order valence-electron chi connectivity index (χ4n) is 3.90. The average molecular weight is 421 g/mol. The number of hydrogen-bond acceptors (Lipinski definition) is 3. The molecule has 1 fully saturated rings. The van der Waals surface area contributed by atoms with E-state index < -0.39 is 0 Å². The Kier molecular flexibility index (Phi) is 6.36. The van der Waals surface area contributed by atoms with E-state index in [-0.39, 0.29) is 11.9 Å². The third-order valence-corrected chi connectivity index (χ3v) is 5.74. The van der Waals surface area contributed by atoms with Gasteiger partial charge in [-0.25, -0.2) is 0 Å². The smallest absolute Gasteiger partial charge is 0.251 e. The number of methoxy groups -OCH3 is 1. The highest BCUT2D eigenvalue weighted by Crippen LogP contribution is 2.29. The summed E-state index contributed by atoms with van der Waals surface area (Å²) in [6, 6.07) is 23.8. The molecule has 0 radical (unpaired) electrons. The van der Waals surface area contributed by atoms with Gasteiger partial charge in [0.05, 0.1) is 7.11 Å². The van der Waals surface area contributed by atoms with Crippen molar-refractivity contribution in [1.29, 1.82) is 0 Å². The van der Waals surface area contributed by atoms with Crippen molar-refractivity contribution in [1.82, 2.24) is 10.2 Å². The molecule has 154 valence electrons. The monoisotopic (exact) mass is 420 g/mol. The Bertz CT molecular complexity index is 1000. The van der Waals surface area contributed by atoms with Crippen LogP contribution in [0.3, 0.4) is 0 Å². The minimum Gasteiger partial charge on any atom is -0.496 e. The number of rotatable bonds is 6. The van der Waals surface area contributed by atoms with Gasteiger partial charge in [0.25, 0.3) is 5.91 Å². The Morgan fingerprint density at radius 3 is 2.53 bits per heavy atom. The van der Waals surface area contributed by atoms with Gasteiger partial charge in [-0.3, -0.25) is 9.69 Å². The first-order chi connectivity index (χ1) is 14.6. The van der Waals surface area contributed by atoms with E-state index in [9.17, 15) is 4.79 Å². The molecule has 30 heavy (non-hydrogen) atoms. The van der Waals surface area contributed by atoms with Crippen LogP contribution in [0.2, 0.25) is 5.02 Å². The number of halogens is 1. The summed E-state index contributed by atoms with van der Waals surface area (Å²) in [6.07, 6.45) is 0.957. The van der Waals surface area contributed by atoms with Crippen LogP contribution in [0.15, 0.2) is 72.8 Å². The van der Waals surface area contributed by atoms with Gasteiger partial charge in [-0.1, -0.05) is 54.1 Å². The van der Waals surface area contributed by atoms with Crippen LogP contribution in [0.5, 0.6) is 5.75 Å². The van der Waals surface area contributed by atoms with Gasteiger partial charge in [-0.15, -0.1) is 0 Å². The quantitative estimate of drug-likeness (QED) is 0.608. The summed E-state index contributed by atoms with van der Waals surface area (Å²) in [4.78, 5) is 14.8. The lowest BCUT2D eigenvalue weighted by atomic mass is 10.0. The van der Waals surface area contributed by atoms with E-state index in [0.29, 0.717) is 10.6 Å². The number of likely N-dealkylation sites (tertiary alicyclic amines) is 1. The number of carbonyl (C=O) groups excluding carboxylic acids is 1. The number of carbonyl (C=O) groups is 1. The van der Waals surface area contributed by atoms with Crippen LogP contribution in [0, 0.1) is 0 Å². The predicted molar refractivity (Wildman–Crippen MR) is 121 cm³/mol. The van der Waals surface area contributed by atoms with Gasteiger partial charge in [0.1, 0.15) is 5.75 Å². The van der Waals surface area contributed by atoms with Gasteiger partial charge in [-0.05, 0) is 47.9 Å². The fourth-order valence-corrected chi connectivity index (χ4v) is 4.02. The zero-order chi connectivity index (χ0) is 20.9. The van der Waals surface area contributed by atoms with E-state index in [1.54, 1.807) is 31.4 Å². The Balaban J connectivity index is 1.33. The summed E-state index contributed by atoms with van der Waals surface area (Å²) in [5.74, 6) is 0.837. The summed E-state index contributed by atoms with van der Waals surface area (Å²) in [5, 5.41) is 3.77. The maximum Gasteiger partial charge on any atom is 0.251 e. The highest BCUT2D eigenvalue weighted by atomic mass is 35.5. The number of nitrogens with one attached hydrogen (secondary N) is 1. The van der Waals surface area contributed by atoms with Gasteiger partial charge in [0.2, 0.25) is 0 Å². The maximum absolute atomic E-state index is 12.4. The zero-order valence-corrected chi connectivity index (χ0v) is 17.7. The van der Waals surface area contributed by atoms with Crippen molar-refractivity contribution in [2.75, 3.05) is 20.2 Å². The normalized spacial score (nSPS) is 16.4. The Morgan fingerprint density at radius 2 is 1.80 bits per heavy atom. The van der Waals surface area contributed by atoms with E-state index in [1.807, 2.05) is 18.2 Å². The van der Waals surface area contributed by atoms with E-state index >= 15 is 0 Å². The van der Waals surface area contributed by atoms with E-state index in [4.69, 9.17) is 16.3 Å². The van der Waals surface area contributed by atoms with Crippen LogP contribution in [-0.4, -0.2) is 37.0 Å². The molecule has 0 saturated carbocycles. The Labute approximate surface area is 182 Å². The maximum atomic E-state index is 12.4. The third-order valence-electron chi connectivity index (χ3n) is 5.49. The first kappa shape index (κ1) is 20.5. The molecule has 1 atom stereocenters. The van der Waals surface area contributed by atoms with Crippen LogP contribution >= 0.6 is 11.6 Å². The SMILES string of the molecule is COc1ccccc1-c1ccc(CN2CCC(NC(=O)c3ccc(Cl)cc3)C2)cc1. The molecule has 4 rings (SSSR count). The van der Waals surface area contributed by atoms with Gasteiger partial charge in [0.15, 0.2) is 0 Å². The molecule has 5 heteroatoms. The summed E-state index contributed by atoms with van der Waals surface area (Å²) in [5.41, 5.74) is 4.14. The summed E-state index contributed by atoms with van der Waals surface area (Å²) in [7, 11) is 1.70. The molecule has 1 aliphatic heterocycles. The summed E-state index contributed by atoms with van der Waals surface area (Å²) < 4.78 is 5.47. The molecule has 1 amide bonds. The molecule has 1 saturated heterocycles. The third kappa shape index (κ3) is 4.84. The lowest BCUT2D eigenvalue weighted by Crippen LogP contribution is -2.36. The summed E-state index contributed by atoms with van der Waals surface area (Å²) in [6.45, 7) is 2.70. The second-order valence-electron chi connectivity index (χ2n) is 7.60. The second kappa shape index (κ2) is 9.33. The van der Waals surface area contributed by atoms with Gasteiger partial charge >= 0.3 is 0 Å². The van der Waals surface area contributed by atoms with Gasteiger partial charge in [-0.2, -0.15) is 0 Å². The molecule has 0 aromatic heterocycles. The average Bonchev–Trinajstić information content (AvgIpc) is 3.21. The number of benzene rings is 3. The second-order valence-corrected chi connectivity index (χ2v) is 8.03. The molecule has 1 aliphatic rings. The molecule has 0 aliphatic carbocycles. The largest absolute Gasteiger partial charge is 0.496 e. The standard InChI is InChI=1S/C25H25ClN2O2/c1-30-24-5-3-2-4-23(24)19-8-6-18(7-9-19)16-28-15-14-22(17-28)27-25(29)20-10-12-21(26)13-11-20/h2-13,22H,14-17H2,1H3,(H,27,29). The predicted octanol–water partition coefficient (Wildman–Crippen LogP) is 5.02. The Hall–Kier alpha value is -2.82. The zero-order valence-electron chi connectivity index (χ0n) is 17.0. The van der Waals surface area contributed by atoms with Crippen LogP contribution in [0.1, 0.15) is 22.3 Å². The van der Waals surface area contributed by atoms with Gasteiger partial charge < -0.3 is 10.1 Å². The molecule has 4 nitrogen and oxygen atoms in total. The molecular formula is C25H25ClN2O2. The molecule has 0 bridgehead atoms. The molecule has 3 aromatic rings. The number of ether oxygens (including phenoxy) is 1. The van der Waals surface area contributed by atoms with Crippen molar-refractivity contribution in [3.8, 4) is 16.9 Å². The van der Waals surface area contributed by atoms with E-state index in [1.165, 1.54) is 5.56 Å². The number of para-hydroxylation sites is 1. The van der Waals surface area contributed by atoms with Crippen molar-refractivity contribution in [2.24, 2.45) is 0 Å². The first-order valence-corrected chi connectivity index (χ1v) is 10.5. The minimum absolute atomic E-state index is 0.0420. The lowest BCUT2D eigenvalue weighted by molar-refractivity contribution is 0.0937. The van der Waals surface area contributed by atoms with Crippen molar-refractivity contribution in [2.45, 2.75) is 19.0 Å². The van der Waals surface area contributed by atoms with Crippen LogP contribution in [-0.2, 0) is 6.54 Å². The van der Waals surface area contributed by atoms with Gasteiger partial charge in [0, 0.05) is 41.8 Å². The highest BCUT2D eigenvalue weighted by Gasteiger charge is 2.24. The van der Waals surface area contributed by atoms with Crippen molar-refractivity contribution in [3.63, 3.8) is 0 Å². The molecule has 1 heterocycles. The summed E-state index contributed by atoms with van der Waals surface area (Å²) >= 11 is 5.90. The van der Waals surface area contributed by atoms with Crippen molar-refractivity contribution < 1.29 is 9.53 Å². The first-order valence-electron chi connectivity index (χ1n) is 10.1.